The number of nitrogens with zero attached hydrogens (tertiary/aromatic N) is 3. The van der Waals surface area contributed by atoms with Crippen LogP contribution in [0, 0.1) is 0 Å². The molecule has 152 valence electrons. The molecule has 0 saturated heterocycles. The van der Waals surface area contributed by atoms with Crippen molar-refractivity contribution >= 4 is 49.2 Å². The molecule has 0 aliphatic heterocycles. The number of benzene rings is 2. The number of nitrogens with one attached hydrogen (secondary N) is 2. The molecule has 0 amide bonds. The Morgan fingerprint density at radius 1 is 0.828 bits per heavy atom. The molecule has 0 aliphatic carbocycles. The highest BCUT2D eigenvalue weighted by Crippen LogP contribution is 2.24. The lowest BCUT2D eigenvalue weighted by Crippen LogP contribution is -2.06. The first-order chi connectivity index (χ1) is 13.5. The molecule has 0 bridgehead atoms. The van der Waals surface area contributed by atoms with E-state index in [1.165, 1.54) is 36.7 Å². The average Bonchev–Trinajstić information content (AvgIpc) is 2.60. The zero-order valence-electron chi connectivity index (χ0n) is 14.4. The minimum Gasteiger partial charge on any atom is -0.398 e. The van der Waals surface area contributed by atoms with Gasteiger partial charge in [-0.2, -0.15) is 21.8 Å². The van der Waals surface area contributed by atoms with Gasteiger partial charge in [0.1, 0.15) is 11.2 Å². The summed E-state index contributed by atoms with van der Waals surface area (Å²) in [6.45, 7) is 0. The van der Waals surface area contributed by atoms with E-state index in [4.69, 9.17) is 14.8 Å². The van der Waals surface area contributed by atoms with Crippen LogP contribution < -0.4 is 16.4 Å². The Hall–Kier alpha value is -3.33. The molecule has 0 fully saturated rings. The van der Waals surface area contributed by atoms with Crippen LogP contribution in [0.15, 0.2) is 58.6 Å². The van der Waals surface area contributed by atoms with Crippen LogP contribution in [0.4, 0.5) is 29.0 Å². The lowest BCUT2D eigenvalue weighted by atomic mass is 10.3. The Morgan fingerprint density at radius 3 is 2.00 bits per heavy atom. The van der Waals surface area contributed by atoms with Crippen LogP contribution in [0.3, 0.4) is 0 Å². The predicted molar refractivity (Wildman–Crippen MR) is 103 cm³/mol. The first-order valence-corrected chi connectivity index (χ1v) is 10.6. The summed E-state index contributed by atoms with van der Waals surface area (Å²) < 4.78 is 63.0. The van der Waals surface area contributed by atoms with Gasteiger partial charge in [0.25, 0.3) is 20.2 Å². The molecule has 0 unspecified atom stereocenters. The minimum atomic E-state index is -4.44. The molecule has 6 N–H and O–H groups in total. The third-order valence-corrected chi connectivity index (χ3v) is 5.28. The summed E-state index contributed by atoms with van der Waals surface area (Å²) in [6, 6.07) is 9.13. The quantitative estimate of drug-likeness (QED) is 0.274. The Labute approximate surface area is 165 Å². The van der Waals surface area contributed by atoms with E-state index < -0.39 is 25.1 Å². The number of aromatic nitrogens is 3. The van der Waals surface area contributed by atoms with Crippen LogP contribution in [-0.2, 0) is 20.2 Å². The molecule has 1 heterocycles. The molecule has 0 aliphatic rings. The highest BCUT2D eigenvalue weighted by molar-refractivity contribution is 7.86. The van der Waals surface area contributed by atoms with E-state index in [0.717, 1.165) is 6.07 Å². The van der Waals surface area contributed by atoms with E-state index >= 15 is 0 Å². The van der Waals surface area contributed by atoms with E-state index in [-0.39, 0.29) is 22.5 Å². The van der Waals surface area contributed by atoms with E-state index in [2.05, 4.69) is 25.6 Å². The molecule has 29 heavy (non-hydrogen) atoms. The molecule has 0 atom stereocenters. The molecule has 0 radical (unpaired) electrons. The molecule has 3 rings (SSSR count). The van der Waals surface area contributed by atoms with Crippen molar-refractivity contribution in [1.82, 2.24) is 15.0 Å². The fourth-order valence-electron chi connectivity index (χ4n) is 2.27. The van der Waals surface area contributed by atoms with Crippen molar-refractivity contribution in [1.29, 1.82) is 0 Å². The van der Waals surface area contributed by atoms with Crippen LogP contribution in [0.2, 0.25) is 0 Å². The summed E-state index contributed by atoms with van der Waals surface area (Å²) in [7, 11) is -8.81. The van der Waals surface area contributed by atoms with Gasteiger partial charge in [0.2, 0.25) is 11.9 Å². The third-order valence-electron chi connectivity index (χ3n) is 3.50. The summed E-state index contributed by atoms with van der Waals surface area (Å²) >= 11 is 0. The smallest absolute Gasteiger partial charge is 0.296 e. The topological polar surface area (TPSA) is 197 Å². The summed E-state index contributed by atoms with van der Waals surface area (Å²) in [5, 5.41) is 5.56. The van der Waals surface area contributed by atoms with Gasteiger partial charge in [-0.3, -0.25) is 9.11 Å². The lowest BCUT2D eigenvalue weighted by Gasteiger charge is -2.09. The van der Waals surface area contributed by atoms with Crippen molar-refractivity contribution in [2.24, 2.45) is 0 Å². The van der Waals surface area contributed by atoms with Crippen LogP contribution in [-0.4, -0.2) is 40.9 Å². The van der Waals surface area contributed by atoms with Gasteiger partial charge in [0, 0.05) is 11.4 Å². The second kappa shape index (κ2) is 7.59. The number of rotatable bonds is 6. The average molecular weight is 438 g/mol. The molecule has 12 nitrogen and oxygen atoms in total. The fourth-order valence-corrected chi connectivity index (χ4v) is 3.39. The van der Waals surface area contributed by atoms with Crippen molar-refractivity contribution in [3.05, 3.63) is 48.8 Å². The summed E-state index contributed by atoms with van der Waals surface area (Å²) in [4.78, 5) is 11.2. The lowest BCUT2D eigenvalue weighted by molar-refractivity contribution is 0.481. The van der Waals surface area contributed by atoms with Crippen LogP contribution in [0.1, 0.15) is 0 Å². The van der Waals surface area contributed by atoms with Crippen molar-refractivity contribution in [3.63, 3.8) is 0 Å². The maximum absolute atomic E-state index is 11.2. The Balaban J connectivity index is 1.81. The normalized spacial score (nSPS) is 11.8. The van der Waals surface area contributed by atoms with Crippen molar-refractivity contribution in [2.75, 3.05) is 16.4 Å². The molecular weight excluding hydrogens is 424 g/mol. The van der Waals surface area contributed by atoms with E-state index in [1.54, 1.807) is 6.07 Å². The minimum absolute atomic E-state index is 0.0671. The number of hydrogen-bond acceptors (Lipinski definition) is 10. The highest BCUT2D eigenvalue weighted by Gasteiger charge is 2.14. The van der Waals surface area contributed by atoms with Crippen molar-refractivity contribution < 1.29 is 25.9 Å². The Kier molecular flexibility index (Phi) is 5.34. The van der Waals surface area contributed by atoms with Crippen LogP contribution in [0.25, 0.3) is 0 Å². The maximum atomic E-state index is 11.2. The highest BCUT2D eigenvalue weighted by atomic mass is 32.2. The van der Waals surface area contributed by atoms with Crippen molar-refractivity contribution in [3.8, 4) is 0 Å². The monoisotopic (exact) mass is 438 g/mol. The SMILES string of the molecule is Nc1cc(Nc2ncnc(Nc3cccc(S(=O)(=O)O)c3)n2)ccc1S(=O)(=O)O. The standard InChI is InChI=1S/C15H14N6O6S2/c16-12-7-10(4-5-13(12)29(25,26)27)20-15-18-8-17-14(21-15)19-9-2-1-3-11(6-9)28(22,23)24/h1-8H,16H2,(H,22,23,24)(H,25,26,27)(H2,17,18,19,20,21). The first kappa shape index (κ1) is 20.4. The van der Waals surface area contributed by atoms with Gasteiger partial charge in [-0.25, -0.2) is 9.97 Å². The largest absolute Gasteiger partial charge is 0.398 e. The van der Waals surface area contributed by atoms with Gasteiger partial charge in [-0.1, -0.05) is 6.07 Å². The van der Waals surface area contributed by atoms with Gasteiger partial charge in [-0.15, -0.1) is 0 Å². The molecule has 0 spiro atoms. The van der Waals surface area contributed by atoms with Gasteiger partial charge in [0.05, 0.1) is 10.6 Å². The second-order valence-electron chi connectivity index (χ2n) is 5.61. The fraction of sp³-hybridized carbons (Fsp3) is 0. The van der Waals surface area contributed by atoms with Crippen molar-refractivity contribution in [2.45, 2.75) is 9.79 Å². The predicted octanol–water partition coefficient (Wildman–Crippen LogP) is 1.43. The van der Waals surface area contributed by atoms with E-state index in [1.807, 2.05) is 0 Å². The number of nitrogens with two attached hydrogens (primary N) is 1. The molecule has 1 aromatic heterocycles. The summed E-state index contributed by atoms with van der Waals surface area (Å²) in [6.07, 6.45) is 1.18. The summed E-state index contributed by atoms with van der Waals surface area (Å²) in [5.74, 6) is 0.143. The van der Waals surface area contributed by atoms with Gasteiger partial charge in [0.15, 0.2) is 0 Å². The molecule has 2 aromatic carbocycles. The molecule has 0 saturated carbocycles. The van der Waals surface area contributed by atoms with Crippen LogP contribution in [0.5, 0.6) is 0 Å². The van der Waals surface area contributed by atoms with Gasteiger partial charge < -0.3 is 16.4 Å². The molecule has 3 aromatic rings. The molecular formula is C15H14N6O6S2. The Morgan fingerprint density at radius 2 is 1.45 bits per heavy atom. The van der Waals surface area contributed by atoms with Gasteiger partial charge >= 0.3 is 0 Å². The van der Waals surface area contributed by atoms with E-state index in [9.17, 15) is 16.8 Å². The number of hydrogen-bond donors (Lipinski definition) is 5. The number of anilines is 5. The number of nitrogen functional groups attached to an aromatic ring is 1. The Bertz CT molecular complexity index is 1280. The third kappa shape index (κ3) is 5.14. The summed E-state index contributed by atoms with van der Waals surface area (Å²) in [5.41, 5.74) is 6.11. The van der Waals surface area contributed by atoms with Crippen LogP contribution >= 0.6 is 0 Å². The first-order valence-electron chi connectivity index (χ1n) is 7.70. The van der Waals surface area contributed by atoms with E-state index in [0.29, 0.717) is 11.4 Å². The zero-order chi connectivity index (χ0) is 21.2. The maximum Gasteiger partial charge on any atom is 0.296 e. The zero-order valence-corrected chi connectivity index (χ0v) is 16.0. The second-order valence-corrected chi connectivity index (χ2v) is 8.42. The molecule has 14 heteroatoms. The van der Waals surface area contributed by atoms with Gasteiger partial charge in [-0.05, 0) is 36.4 Å².